The molecule has 1 aliphatic rings. The zero-order valence-corrected chi connectivity index (χ0v) is 8.71. The maximum Gasteiger partial charge on any atom is 0.340 e. The lowest BCUT2D eigenvalue weighted by atomic mass is 10.2. The van der Waals surface area contributed by atoms with Crippen molar-refractivity contribution in [1.29, 1.82) is 0 Å². The molecule has 0 spiro atoms. The topological polar surface area (TPSA) is 55.1 Å². The van der Waals surface area contributed by atoms with Crippen LogP contribution in [0.3, 0.4) is 0 Å². The average Bonchev–Trinajstić information content (AvgIpc) is 2.77. The van der Waals surface area contributed by atoms with E-state index in [1.807, 2.05) is 0 Å². The largest absolute Gasteiger partial charge is 0.478 e. The van der Waals surface area contributed by atoms with Gasteiger partial charge in [0.2, 0.25) is 0 Å². The number of rotatable bonds is 2. The molecular weight excluding hydrogens is 236 g/mol. The molecule has 1 heterocycles. The molecule has 0 aliphatic heterocycles. The Hall–Kier alpha value is -0.840. The number of hydrogen-bond acceptors (Lipinski definition) is 2. The molecule has 0 radical (unpaired) electrons. The second-order valence-electron chi connectivity index (χ2n) is 3.25. The summed E-state index contributed by atoms with van der Waals surface area (Å²) in [6, 6.07) is 0. The minimum absolute atomic E-state index is 0.324. The maximum atomic E-state index is 10.9. The van der Waals surface area contributed by atoms with E-state index in [1.54, 1.807) is 11.7 Å². The molecule has 70 valence electrons. The lowest BCUT2D eigenvalue weighted by Crippen LogP contribution is -2.03. The quantitative estimate of drug-likeness (QED) is 0.863. The predicted octanol–water partition coefficient (Wildman–Crippen LogP) is 1.76. The van der Waals surface area contributed by atoms with Crippen molar-refractivity contribution in [3.05, 3.63) is 15.9 Å². The summed E-state index contributed by atoms with van der Waals surface area (Å²) in [5.41, 5.74) is 1.17. The Kier molecular flexibility index (Phi) is 1.91. The first-order valence-corrected chi connectivity index (χ1v) is 4.86. The van der Waals surface area contributed by atoms with Gasteiger partial charge in [-0.3, -0.25) is 4.68 Å². The van der Waals surface area contributed by atoms with E-state index >= 15 is 0 Å². The molecule has 0 atom stereocenters. The molecule has 1 fully saturated rings. The molecule has 1 saturated carbocycles. The molecule has 5 heteroatoms. The zero-order valence-electron chi connectivity index (χ0n) is 7.12. The highest BCUT2D eigenvalue weighted by Crippen LogP contribution is 2.42. The van der Waals surface area contributed by atoms with E-state index in [1.165, 1.54) is 0 Å². The fourth-order valence-electron chi connectivity index (χ4n) is 1.53. The van der Waals surface area contributed by atoms with Crippen molar-refractivity contribution < 1.29 is 9.90 Å². The van der Waals surface area contributed by atoms with Gasteiger partial charge >= 0.3 is 5.97 Å². The molecule has 1 aromatic rings. The molecule has 0 unspecified atom stereocenters. The number of aryl methyl sites for hydroxylation is 1. The number of halogens is 1. The fourth-order valence-corrected chi connectivity index (χ4v) is 2.14. The van der Waals surface area contributed by atoms with Crippen molar-refractivity contribution in [1.82, 2.24) is 9.78 Å². The van der Waals surface area contributed by atoms with Gasteiger partial charge in [0.25, 0.3) is 0 Å². The normalized spacial score (nSPS) is 16.2. The second kappa shape index (κ2) is 2.83. The smallest absolute Gasteiger partial charge is 0.340 e. The predicted molar refractivity (Wildman–Crippen MR) is 49.8 cm³/mol. The molecule has 1 aliphatic carbocycles. The summed E-state index contributed by atoms with van der Waals surface area (Å²) in [6.07, 6.45) is 2.15. The number of carboxylic acid groups (broad SMARTS) is 1. The molecule has 0 saturated heterocycles. The van der Waals surface area contributed by atoms with Gasteiger partial charge in [-0.25, -0.2) is 4.79 Å². The lowest BCUT2D eigenvalue weighted by Gasteiger charge is -1.99. The van der Waals surface area contributed by atoms with E-state index < -0.39 is 5.97 Å². The van der Waals surface area contributed by atoms with Crippen molar-refractivity contribution in [2.75, 3.05) is 0 Å². The third kappa shape index (κ3) is 1.37. The monoisotopic (exact) mass is 244 g/mol. The van der Waals surface area contributed by atoms with Crippen LogP contribution in [0, 0.1) is 0 Å². The van der Waals surface area contributed by atoms with Crippen LogP contribution in [0.1, 0.15) is 34.8 Å². The number of carboxylic acids is 1. The van der Waals surface area contributed by atoms with Crippen LogP contribution >= 0.6 is 15.9 Å². The summed E-state index contributed by atoms with van der Waals surface area (Å²) in [5.74, 6) is -0.503. The van der Waals surface area contributed by atoms with Gasteiger partial charge in [0.15, 0.2) is 0 Å². The summed E-state index contributed by atoms with van der Waals surface area (Å²) in [4.78, 5) is 10.9. The van der Waals surface area contributed by atoms with Gasteiger partial charge in [0.1, 0.15) is 10.2 Å². The Morgan fingerprint density at radius 2 is 2.31 bits per heavy atom. The minimum atomic E-state index is -0.901. The average molecular weight is 245 g/mol. The van der Waals surface area contributed by atoms with Crippen LogP contribution in [0.25, 0.3) is 0 Å². The molecular formula is C8H9BrN2O2. The number of nitrogens with zero attached hydrogens (tertiary/aromatic N) is 2. The van der Waals surface area contributed by atoms with Crippen LogP contribution in [0.15, 0.2) is 4.60 Å². The van der Waals surface area contributed by atoms with E-state index in [4.69, 9.17) is 5.11 Å². The van der Waals surface area contributed by atoms with E-state index in [0.717, 1.165) is 18.5 Å². The van der Waals surface area contributed by atoms with E-state index in [9.17, 15) is 4.79 Å². The van der Waals surface area contributed by atoms with Crippen LogP contribution in [0.4, 0.5) is 0 Å². The SMILES string of the molecule is Cn1nc(Br)c(C(=O)O)c1C1CC1. The molecule has 13 heavy (non-hydrogen) atoms. The highest BCUT2D eigenvalue weighted by atomic mass is 79.9. The number of aromatic carboxylic acids is 1. The van der Waals surface area contributed by atoms with Crippen LogP contribution < -0.4 is 0 Å². The first-order valence-electron chi connectivity index (χ1n) is 4.07. The molecule has 0 amide bonds. The molecule has 1 aromatic heterocycles. The summed E-state index contributed by atoms with van der Waals surface area (Å²) in [7, 11) is 1.78. The van der Waals surface area contributed by atoms with Crippen molar-refractivity contribution in [3.63, 3.8) is 0 Å². The number of aromatic nitrogens is 2. The van der Waals surface area contributed by atoms with Gasteiger partial charge in [-0.15, -0.1) is 0 Å². The maximum absolute atomic E-state index is 10.9. The zero-order chi connectivity index (χ0) is 9.59. The van der Waals surface area contributed by atoms with Gasteiger partial charge < -0.3 is 5.11 Å². The van der Waals surface area contributed by atoms with Crippen LogP contribution in [0.5, 0.6) is 0 Å². The molecule has 0 aromatic carbocycles. The van der Waals surface area contributed by atoms with Crippen molar-refractivity contribution in [3.8, 4) is 0 Å². The third-order valence-corrected chi connectivity index (χ3v) is 2.78. The summed E-state index contributed by atoms with van der Waals surface area (Å²) >= 11 is 3.15. The van der Waals surface area contributed by atoms with E-state index in [0.29, 0.717) is 16.1 Å². The summed E-state index contributed by atoms with van der Waals surface area (Å²) in [5, 5.41) is 13.0. The number of carbonyl (C=O) groups is 1. The minimum Gasteiger partial charge on any atom is -0.478 e. The Morgan fingerprint density at radius 1 is 1.69 bits per heavy atom. The second-order valence-corrected chi connectivity index (χ2v) is 4.01. The van der Waals surface area contributed by atoms with Gasteiger partial charge in [-0.1, -0.05) is 0 Å². The number of hydrogen-bond donors (Lipinski definition) is 1. The van der Waals surface area contributed by atoms with Crippen LogP contribution in [-0.2, 0) is 7.05 Å². The Balaban J connectivity index is 2.56. The third-order valence-electron chi connectivity index (χ3n) is 2.23. The van der Waals surface area contributed by atoms with E-state index in [2.05, 4.69) is 21.0 Å². The van der Waals surface area contributed by atoms with Gasteiger partial charge in [0.05, 0.1) is 5.69 Å². The van der Waals surface area contributed by atoms with E-state index in [-0.39, 0.29) is 0 Å². The fraction of sp³-hybridized carbons (Fsp3) is 0.500. The van der Waals surface area contributed by atoms with Crippen LogP contribution in [0.2, 0.25) is 0 Å². The van der Waals surface area contributed by atoms with Gasteiger partial charge in [-0.05, 0) is 28.8 Å². The Labute approximate surface area is 83.7 Å². The standard InChI is InChI=1S/C8H9BrN2O2/c1-11-6(4-2-3-4)5(8(12)13)7(9)10-11/h4H,2-3H2,1H3,(H,12,13). The Morgan fingerprint density at radius 3 is 2.77 bits per heavy atom. The highest BCUT2D eigenvalue weighted by Gasteiger charge is 2.33. The molecule has 2 rings (SSSR count). The molecule has 0 bridgehead atoms. The highest BCUT2D eigenvalue weighted by molar-refractivity contribution is 9.10. The van der Waals surface area contributed by atoms with Crippen molar-refractivity contribution >= 4 is 21.9 Å². The Bertz CT molecular complexity index is 368. The first kappa shape index (κ1) is 8.74. The van der Waals surface area contributed by atoms with Crippen molar-refractivity contribution in [2.45, 2.75) is 18.8 Å². The molecule has 4 nitrogen and oxygen atoms in total. The molecule has 1 N–H and O–H groups in total. The summed E-state index contributed by atoms with van der Waals surface area (Å²) < 4.78 is 2.09. The summed E-state index contributed by atoms with van der Waals surface area (Å²) in [6.45, 7) is 0. The first-order chi connectivity index (χ1) is 6.11. The van der Waals surface area contributed by atoms with Gasteiger partial charge in [-0.2, -0.15) is 5.10 Å². The van der Waals surface area contributed by atoms with Gasteiger partial charge in [0, 0.05) is 13.0 Å². The van der Waals surface area contributed by atoms with Crippen molar-refractivity contribution in [2.24, 2.45) is 7.05 Å². The lowest BCUT2D eigenvalue weighted by molar-refractivity contribution is 0.0694. The van der Waals surface area contributed by atoms with Crippen LogP contribution in [-0.4, -0.2) is 20.9 Å².